The largest absolute Gasteiger partial charge is 0.486 e. The molecule has 0 radical (unpaired) electrons. The molecule has 1 aliphatic heterocycles. The molecule has 0 unspecified atom stereocenters. The van der Waals surface area contributed by atoms with E-state index in [1.165, 1.54) is 0 Å². The molecule has 1 aliphatic rings. The highest BCUT2D eigenvalue weighted by Crippen LogP contribution is 2.30. The van der Waals surface area contributed by atoms with Crippen LogP contribution in [0.4, 0.5) is 0 Å². The van der Waals surface area contributed by atoms with Gasteiger partial charge in [-0.05, 0) is 57.1 Å². The fourth-order valence-electron chi connectivity index (χ4n) is 3.33. The minimum absolute atomic E-state index is 0.0342. The number of hydrogen-bond acceptors (Lipinski definition) is 3. The first-order valence-electron chi connectivity index (χ1n) is 12.8. The number of fused-ring (bicyclic) bond motifs is 1. The number of para-hydroxylation sites is 2. The summed E-state index contributed by atoms with van der Waals surface area (Å²) in [6, 6.07) is 7.59. The Labute approximate surface area is 211 Å². The molecule has 0 aliphatic carbocycles. The molecule has 1 amide bonds. The van der Waals surface area contributed by atoms with Gasteiger partial charge in [-0.15, -0.1) is 0 Å². The Morgan fingerprint density at radius 1 is 0.800 bits per heavy atom. The van der Waals surface area contributed by atoms with Crippen LogP contribution < -0.4 is 14.8 Å². The van der Waals surface area contributed by atoms with Crippen molar-refractivity contribution in [2.45, 2.75) is 64.4 Å². The van der Waals surface area contributed by atoms with Gasteiger partial charge in [0.15, 0.2) is 11.5 Å². The monoisotopic (exact) mass is 475 g/mol. The van der Waals surface area contributed by atoms with Crippen LogP contribution in [0.3, 0.4) is 0 Å². The third-order valence-electron chi connectivity index (χ3n) is 5.23. The van der Waals surface area contributed by atoms with Crippen molar-refractivity contribution < 1.29 is 14.3 Å². The number of ether oxygens (including phenoxy) is 2. The summed E-state index contributed by atoms with van der Waals surface area (Å²) in [5.41, 5.74) is 0. The van der Waals surface area contributed by atoms with Crippen LogP contribution in [0.5, 0.6) is 11.5 Å². The smallest absolute Gasteiger partial charge is 0.220 e. The Bertz CT molecular complexity index is 892. The molecule has 0 aromatic heterocycles. The van der Waals surface area contributed by atoms with Crippen molar-refractivity contribution in [3.63, 3.8) is 0 Å². The maximum absolute atomic E-state index is 12.0. The van der Waals surface area contributed by atoms with E-state index in [2.05, 4.69) is 85.2 Å². The summed E-state index contributed by atoms with van der Waals surface area (Å²) in [7, 11) is 0. The van der Waals surface area contributed by atoms with Crippen molar-refractivity contribution in [3.8, 4) is 11.5 Å². The topological polar surface area (TPSA) is 47.6 Å². The fourth-order valence-corrected chi connectivity index (χ4v) is 3.33. The van der Waals surface area contributed by atoms with Crippen LogP contribution in [0.1, 0.15) is 58.3 Å². The van der Waals surface area contributed by atoms with E-state index < -0.39 is 0 Å². The molecular formula is C31H41NO3. The van der Waals surface area contributed by atoms with Crippen LogP contribution in [0, 0.1) is 0 Å². The minimum atomic E-state index is -0.153. The first kappa shape index (κ1) is 28.0. The maximum Gasteiger partial charge on any atom is 0.220 e. The van der Waals surface area contributed by atoms with Crippen molar-refractivity contribution >= 4 is 5.91 Å². The fraction of sp³-hybridized carbons (Fsp3) is 0.387. The van der Waals surface area contributed by atoms with E-state index >= 15 is 0 Å². The van der Waals surface area contributed by atoms with Gasteiger partial charge in [0.05, 0.1) is 6.54 Å². The van der Waals surface area contributed by atoms with Gasteiger partial charge in [-0.25, -0.2) is 0 Å². The van der Waals surface area contributed by atoms with Crippen molar-refractivity contribution in [1.82, 2.24) is 5.32 Å². The van der Waals surface area contributed by atoms with Gasteiger partial charge in [0.25, 0.3) is 0 Å². The van der Waals surface area contributed by atoms with Crippen LogP contribution in [-0.4, -0.2) is 25.2 Å². The number of amides is 1. The second-order valence-electron chi connectivity index (χ2n) is 8.26. The van der Waals surface area contributed by atoms with Gasteiger partial charge >= 0.3 is 0 Å². The normalized spacial score (nSPS) is 16.1. The molecule has 35 heavy (non-hydrogen) atoms. The molecule has 0 saturated heterocycles. The number of rotatable bonds is 16. The zero-order chi connectivity index (χ0) is 24.8. The Balaban J connectivity index is 1.43. The van der Waals surface area contributed by atoms with Crippen molar-refractivity contribution in [1.29, 1.82) is 0 Å². The standard InChI is InChI=1S/C31H41NO3/c1-2-3-4-5-6-7-8-9-10-11-12-13-14-15-16-17-18-19-20-25-31(33)32-26-28-27-34-29-23-21-22-24-30(29)35-28/h3-4,6-7,9-10,12-13,15-16,18-19,21-24,28H,2,5,8,11,14,17,20,25-27H2,1H3,(H,32,33)/b4-3-,7-6-,10-9-,13-12-,16-15-,19-18-/t28-/m0/s1. The second kappa shape index (κ2) is 19.1. The Morgan fingerprint density at radius 2 is 1.31 bits per heavy atom. The third-order valence-corrected chi connectivity index (χ3v) is 5.23. The quantitative estimate of drug-likeness (QED) is 0.253. The van der Waals surface area contributed by atoms with E-state index in [9.17, 15) is 4.79 Å². The van der Waals surface area contributed by atoms with Gasteiger partial charge in [0.2, 0.25) is 5.91 Å². The lowest BCUT2D eigenvalue weighted by Crippen LogP contribution is -2.40. The molecular weight excluding hydrogens is 434 g/mol. The van der Waals surface area contributed by atoms with Crippen molar-refractivity contribution in [3.05, 3.63) is 97.2 Å². The van der Waals surface area contributed by atoms with Crippen molar-refractivity contribution in [2.24, 2.45) is 0 Å². The van der Waals surface area contributed by atoms with Crippen LogP contribution >= 0.6 is 0 Å². The predicted molar refractivity (Wildman–Crippen MR) is 147 cm³/mol. The van der Waals surface area contributed by atoms with Crippen LogP contribution in [0.2, 0.25) is 0 Å². The predicted octanol–water partition coefficient (Wildman–Crippen LogP) is 7.42. The minimum Gasteiger partial charge on any atom is -0.486 e. The Kier molecular flexibility index (Phi) is 15.2. The summed E-state index contributed by atoms with van der Waals surface area (Å²) in [5.74, 6) is 1.52. The zero-order valence-electron chi connectivity index (χ0n) is 21.1. The Hall–Kier alpha value is -3.27. The first-order chi connectivity index (χ1) is 17.3. The van der Waals surface area contributed by atoms with E-state index in [4.69, 9.17) is 9.47 Å². The van der Waals surface area contributed by atoms with E-state index in [-0.39, 0.29) is 12.0 Å². The lowest BCUT2D eigenvalue weighted by atomic mass is 10.2. The molecule has 188 valence electrons. The molecule has 0 bridgehead atoms. The highest BCUT2D eigenvalue weighted by Gasteiger charge is 2.20. The van der Waals surface area contributed by atoms with E-state index in [0.29, 0.717) is 19.6 Å². The van der Waals surface area contributed by atoms with E-state index in [1.54, 1.807) is 0 Å². The van der Waals surface area contributed by atoms with Gasteiger partial charge in [0, 0.05) is 6.42 Å². The summed E-state index contributed by atoms with van der Waals surface area (Å²) in [5, 5.41) is 2.93. The molecule has 1 aromatic carbocycles. The number of nitrogens with one attached hydrogen (secondary N) is 1. The molecule has 4 heteroatoms. The van der Waals surface area contributed by atoms with Gasteiger partial charge in [0.1, 0.15) is 12.7 Å². The summed E-state index contributed by atoms with van der Waals surface area (Å²) in [4.78, 5) is 12.0. The second-order valence-corrected chi connectivity index (χ2v) is 8.26. The molecule has 4 nitrogen and oxygen atoms in total. The summed E-state index contributed by atoms with van der Waals surface area (Å²) < 4.78 is 11.5. The lowest BCUT2D eigenvalue weighted by molar-refractivity contribution is -0.121. The molecule has 1 atom stereocenters. The van der Waals surface area contributed by atoms with Crippen LogP contribution in [0.25, 0.3) is 0 Å². The van der Waals surface area contributed by atoms with Crippen molar-refractivity contribution in [2.75, 3.05) is 13.2 Å². The van der Waals surface area contributed by atoms with E-state index in [0.717, 1.165) is 56.4 Å². The van der Waals surface area contributed by atoms with Gasteiger partial charge in [-0.2, -0.15) is 0 Å². The zero-order valence-corrected chi connectivity index (χ0v) is 21.1. The average molecular weight is 476 g/mol. The molecule has 0 spiro atoms. The maximum atomic E-state index is 12.0. The van der Waals surface area contributed by atoms with Gasteiger partial charge in [-0.1, -0.05) is 92.0 Å². The van der Waals surface area contributed by atoms with Gasteiger partial charge < -0.3 is 14.8 Å². The number of allylic oxidation sites excluding steroid dienone is 12. The average Bonchev–Trinajstić information content (AvgIpc) is 2.88. The molecule has 1 aromatic rings. The van der Waals surface area contributed by atoms with Crippen LogP contribution in [0.15, 0.2) is 97.2 Å². The highest BCUT2D eigenvalue weighted by atomic mass is 16.6. The summed E-state index contributed by atoms with van der Waals surface area (Å²) >= 11 is 0. The number of benzene rings is 1. The van der Waals surface area contributed by atoms with E-state index in [1.807, 2.05) is 24.3 Å². The molecule has 0 fully saturated rings. The first-order valence-corrected chi connectivity index (χ1v) is 12.8. The van der Waals surface area contributed by atoms with Gasteiger partial charge in [-0.3, -0.25) is 4.79 Å². The molecule has 1 heterocycles. The number of hydrogen-bond donors (Lipinski definition) is 1. The van der Waals surface area contributed by atoms with Crippen LogP contribution in [-0.2, 0) is 4.79 Å². The number of carbonyl (C=O) groups excluding carboxylic acids is 1. The SMILES string of the molecule is CC/C=C\C/C=C\C/C=C\C/C=C\C/C=C\C/C=C\CCC(=O)NC[C@H]1COc2ccccc2O1. The number of carbonyl (C=O) groups is 1. The third kappa shape index (κ3) is 13.9. The highest BCUT2D eigenvalue weighted by molar-refractivity contribution is 5.76. The summed E-state index contributed by atoms with van der Waals surface area (Å²) in [6.45, 7) is 3.06. The lowest BCUT2D eigenvalue weighted by Gasteiger charge is -2.26. The molecule has 2 rings (SSSR count). The molecule has 1 N–H and O–H groups in total. The summed E-state index contributed by atoms with van der Waals surface area (Å²) in [6.07, 6.45) is 33.2. The molecule has 0 saturated carbocycles. The Morgan fingerprint density at radius 3 is 1.89 bits per heavy atom.